The topological polar surface area (TPSA) is 126 Å². The van der Waals surface area contributed by atoms with Crippen LogP contribution in [0.15, 0.2) is 36.5 Å². The molecule has 10 heteroatoms. The van der Waals surface area contributed by atoms with E-state index in [0.717, 1.165) is 5.69 Å². The largest absolute Gasteiger partial charge is 0.366 e. The predicted molar refractivity (Wildman–Crippen MR) is 100 cm³/mol. The monoisotopic (exact) mass is 382 g/mol. The van der Waals surface area contributed by atoms with Crippen LogP contribution in [0.4, 0.5) is 22.0 Å². The van der Waals surface area contributed by atoms with Gasteiger partial charge >= 0.3 is 0 Å². The minimum atomic E-state index is -0.439. The first-order chi connectivity index (χ1) is 13.6. The summed E-state index contributed by atoms with van der Waals surface area (Å²) >= 11 is 0. The Hall–Kier alpha value is -3.56. The van der Waals surface area contributed by atoms with E-state index in [1.165, 1.54) is 6.20 Å². The number of rotatable bonds is 4. The Morgan fingerprint density at radius 3 is 2.64 bits per heavy atom. The van der Waals surface area contributed by atoms with Gasteiger partial charge in [-0.1, -0.05) is 18.2 Å². The van der Waals surface area contributed by atoms with E-state index in [2.05, 4.69) is 30.5 Å². The number of nitrogen functional groups attached to an aromatic ring is 1. The summed E-state index contributed by atoms with van der Waals surface area (Å²) in [7, 11) is 0. The van der Waals surface area contributed by atoms with Crippen molar-refractivity contribution in [2.45, 2.75) is 18.8 Å². The Morgan fingerprint density at radius 1 is 1.21 bits per heavy atom. The van der Waals surface area contributed by atoms with E-state index >= 15 is 0 Å². The molecule has 1 saturated heterocycles. The second kappa shape index (κ2) is 7.59. The minimum Gasteiger partial charge on any atom is -0.366 e. The van der Waals surface area contributed by atoms with Crippen LogP contribution >= 0.6 is 0 Å². The number of nitrogens with one attached hydrogen (secondary N) is 2. The number of amides is 1. The first-order valence-corrected chi connectivity index (χ1v) is 8.92. The number of hydrogen-bond acceptors (Lipinski definition) is 7. The molecule has 3 heterocycles. The molecule has 0 aliphatic carbocycles. The number of H-pyrrole nitrogens is 1. The van der Waals surface area contributed by atoms with Crippen LogP contribution in [0, 0.1) is 5.82 Å². The minimum absolute atomic E-state index is 0.0275. The first-order valence-electron chi connectivity index (χ1n) is 8.92. The molecule has 1 aliphatic rings. The maximum atomic E-state index is 14.3. The van der Waals surface area contributed by atoms with Gasteiger partial charge in [0.05, 0.1) is 11.9 Å². The van der Waals surface area contributed by atoms with E-state index in [1.807, 2.05) is 30.3 Å². The average molecular weight is 382 g/mol. The number of anilines is 3. The summed E-state index contributed by atoms with van der Waals surface area (Å²) in [5.74, 6) is -0.316. The number of aromatic nitrogens is 5. The maximum Gasteiger partial charge on any atom is 0.291 e. The molecule has 4 rings (SSSR count). The molecule has 0 radical (unpaired) electrons. The van der Waals surface area contributed by atoms with Crippen LogP contribution in [0.25, 0.3) is 0 Å². The van der Waals surface area contributed by atoms with Crippen LogP contribution in [0.5, 0.6) is 0 Å². The average Bonchev–Trinajstić information content (AvgIpc) is 3.16. The number of nitrogens with two attached hydrogens (primary N) is 1. The molecule has 2 aromatic heterocycles. The van der Waals surface area contributed by atoms with Crippen molar-refractivity contribution in [3.05, 3.63) is 53.9 Å². The van der Waals surface area contributed by atoms with E-state index in [9.17, 15) is 9.18 Å². The SMILES string of the molecule is Nc1n[nH]c(C(=O)N2CCC(c3nc(Nc4ccccc4)ncc3F)CC2)n1. The second-order valence-electron chi connectivity index (χ2n) is 6.53. The number of aromatic amines is 1. The van der Waals surface area contributed by atoms with E-state index in [4.69, 9.17) is 5.73 Å². The summed E-state index contributed by atoms with van der Waals surface area (Å²) in [6.07, 6.45) is 2.37. The molecule has 3 aromatic rings. The molecule has 1 aliphatic heterocycles. The highest BCUT2D eigenvalue weighted by atomic mass is 19.1. The van der Waals surface area contributed by atoms with Crippen molar-refractivity contribution in [2.24, 2.45) is 0 Å². The number of hydrogen-bond donors (Lipinski definition) is 3. The van der Waals surface area contributed by atoms with Crippen molar-refractivity contribution in [1.29, 1.82) is 0 Å². The smallest absolute Gasteiger partial charge is 0.291 e. The molecule has 0 atom stereocenters. The molecule has 1 amide bonds. The first kappa shape index (κ1) is 17.8. The fourth-order valence-corrected chi connectivity index (χ4v) is 3.25. The van der Waals surface area contributed by atoms with Crippen LogP contribution in [-0.2, 0) is 0 Å². The molecule has 0 unspecified atom stereocenters. The van der Waals surface area contributed by atoms with Crippen molar-refractivity contribution >= 4 is 23.5 Å². The molecule has 9 nitrogen and oxygen atoms in total. The molecule has 1 fully saturated rings. The quantitative estimate of drug-likeness (QED) is 0.631. The van der Waals surface area contributed by atoms with E-state index in [0.29, 0.717) is 37.6 Å². The zero-order valence-corrected chi connectivity index (χ0v) is 15.0. The number of benzene rings is 1. The summed E-state index contributed by atoms with van der Waals surface area (Å²) in [5, 5.41) is 9.27. The molecule has 4 N–H and O–H groups in total. The highest BCUT2D eigenvalue weighted by molar-refractivity contribution is 5.90. The van der Waals surface area contributed by atoms with Gasteiger partial charge in [-0.2, -0.15) is 4.98 Å². The number of carbonyl (C=O) groups is 1. The normalized spacial score (nSPS) is 14.8. The van der Waals surface area contributed by atoms with Gasteiger partial charge in [-0.25, -0.2) is 14.4 Å². The van der Waals surface area contributed by atoms with E-state index in [-0.39, 0.29) is 23.6 Å². The molecule has 0 saturated carbocycles. The maximum absolute atomic E-state index is 14.3. The van der Waals surface area contributed by atoms with Gasteiger partial charge in [-0.3, -0.25) is 9.89 Å². The number of likely N-dealkylation sites (tertiary alicyclic amines) is 1. The number of nitrogens with zero attached hydrogens (tertiary/aromatic N) is 5. The zero-order valence-electron chi connectivity index (χ0n) is 15.0. The van der Waals surface area contributed by atoms with Crippen LogP contribution in [-0.4, -0.2) is 49.0 Å². The molecule has 1 aromatic carbocycles. The Labute approximate surface area is 160 Å². The van der Waals surface area contributed by atoms with Crippen LogP contribution in [0.1, 0.15) is 35.1 Å². The number of carbonyl (C=O) groups excluding carboxylic acids is 1. The summed E-state index contributed by atoms with van der Waals surface area (Å²) in [4.78, 5) is 26.3. The summed E-state index contributed by atoms with van der Waals surface area (Å²) < 4.78 is 14.3. The zero-order chi connectivity index (χ0) is 19.5. The lowest BCUT2D eigenvalue weighted by Gasteiger charge is -2.31. The Balaban J connectivity index is 1.44. The van der Waals surface area contributed by atoms with Gasteiger partial charge < -0.3 is 16.0 Å². The number of para-hydroxylation sites is 1. The van der Waals surface area contributed by atoms with Gasteiger partial charge in [0.2, 0.25) is 17.7 Å². The Morgan fingerprint density at radius 2 is 1.96 bits per heavy atom. The van der Waals surface area contributed by atoms with Crippen LogP contribution in [0.2, 0.25) is 0 Å². The second-order valence-corrected chi connectivity index (χ2v) is 6.53. The van der Waals surface area contributed by atoms with Crippen molar-refractivity contribution in [3.8, 4) is 0 Å². The highest BCUT2D eigenvalue weighted by Crippen LogP contribution is 2.29. The van der Waals surface area contributed by atoms with Gasteiger partial charge in [0.1, 0.15) is 0 Å². The molecular formula is C18H19FN8O. The molecule has 144 valence electrons. The number of piperidine rings is 1. The standard InChI is InChI=1S/C18H19FN8O/c19-13-10-21-18(22-12-4-2-1-3-5-12)23-14(13)11-6-8-27(9-7-11)16(28)15-24-17(20)26-25-15/h1-5,10-11H,6-9H2,(H,21,22,23)(H3,20,24,25,26). The third-order valence-corrected chi connectivity index (χ3v) is 4.68. The summed E-state index contributed by atoms with van der Waals surface area (Å²) in [6, 6.07) is 9.45. The summed E-state index contributed by atoms with van der Waals surface area (Å²) in [6.45, 7) is 0.935. The van der Waals surface area contributed by atoms with Gasteiger partial charge in [-0.15, -0.1) is 5.10 Å². The fourth-order valence-electron chi connectivity index (χ4n) is 3.25. The van der Waals surface area contributed by atoms with E-state index in [1.54, 1.807) is 4.90 Å². The number of halogens is 1. The Kier molecular flexibility index (Phi) is 4.83. The lowest BCUT2D eigenvalue weighted by atomic mass is 9.93. The van der Waals surface area contributed by atoms with E-state index < -0.39 is 5.82 Å². The highest BCUT2D eigenvalue weighted by Gasteiger charge is 2.28. The lowest BCUT2D eigenvalue weighted by molar-refractivity contribution is 0.0699. The molecule has 28 heavy (non-hydrogen) atoms. The van der Waals surface area contributed by atoms with Crippen molar-refractivity contribution < 1.29 is 9.18 Å². The third-order valence-electron chi connectivity index (χ3n) is 4.68. The molecule has 0 bridgehead atoms. The van der Waals surface area contributed by atoms with Gasteiger partial charge in [0.15, 0.2) is 5.82 Å². The van der Waals surface area contributed by atoms with Crippen molar-refractivity contribution in [1.82, 2.24) is 30.0 Å². The van der Waals surface area contributed by atoms with Gasteiger partial charge in [0, 0.05) is 24.7 Å². The third kappa shape index (κ3) is 3.75. The summed E-state index contributed by atoms with van der Waals surface area (Å²) in [5.41, 5.74) is 6.63. The van der Waals surface area contributed by atoms with Crippen LogP contribution in [0.3, 0.4) is 0 Å². The fraction of sp³-hybridized carbons (Fsp3) is 0.278. The Bertz CT molecular complexity index is 969. The van der Waals surface area contributed by atoms with Crippen LogP contribution < -0.4 is 11.1 Å². The molecular weight excluding hydrogens is 363 g/mol. The molecule has 0 spiro atoms. The van der Waals surface area contributed by atoms with Gasteiger partial charge in [0.25, 0.3) is 5.91 Å². The van der Waals surface area contributed by atoms with Crippen molar-refractivity contribution in [2.75, 3.05) is 24.1 Å². The predicted octanol–water partition coefficient (Wildman–Crippen LogP) is 2.08. The lowest BCUT2D eigenvalue weighted by Crippen LogP contribution is -2.38. The van der Waals surface area contributed by atoms with Crippen molar-refractivity contribution in [3.63, 3.8) is 0 Å². The van der Waals surface area contributed by atoms with Gasteiger partial charge in [-0.05, 0) is 25.0 Å².